The van der Waals surface area contributed by atoms with Crippen LogP contribution in [0.15, 0.2) is 0 Å². The molecule has 0 amide bonds. The molecular weight excluding hydrogens is 230 g/mol. The Hall–Kier alpha value is -0.200. The SMILES string of the molecule is CC1(C)CNC(CO)CN1CCN1CCOCC1. The molecule has 0 aromatic heterocycles. The Morgan fingerprint density at radius 1 is 1.28 bits per heavy atom. The van der Waals surface area contributed by atoms with Crippen molar-refractivity contribution in [1.29, 1.82) is 0 Å². The summed E-state index contributed by atoms with van der Waals surface area (Å²) < 4.78 is 5.37. The van der Waals surface area contributed by atoms with E-state index in [0.29, 0.717) is 0 Å². The second-order valence-electron chi connectivity index (χ2n) is 5.97. The van der Waals surface area contributed by atoms with Crippen molar-refractivity contribution < 1.29 is 9.84 Å². The van der Waals surface area contributed by atoms with Crippen molar-refractivity contribution in [3.63, 3.8) is 0 Å². The average Bonchev–Trinajstić information content (AvgIpc) is 2.38. The molecule has 18 heavy (non-hydrogen) atoms. The van der Waals surface area contributed by atoms with Crippen LogP contribution in [-0.4, -0.2) is 85.6 Å². The van der Waals surface area contributed by atoms with E-state index in [-0.39, 0.29) is 18.2 Å². The summed E-state index contributed by atoms with van der Waals surface area (Å²) in [6.45, 7) is 12.7. The van der Waals surface area contributed by atoms with Crippen LogP contribution >= 0.6 is 0 Å². The topological polar surface area (TPSA) is 48.0 Å². The molecule has 0 saturated carbocycles. The molecule has 0 aliphatic carbocycles. The van der Waals surface area contributed by atoms with Gasteiger partial charge in [-0.1, -0.05) is 0 Å². The van der Waals surface area contributed by atoms with Crippen LogP contribution in [0.25, 0.3) is 0 Å². The zero-order chi connectivity index (χ0) is 13.0. The first-order valence-corrected chi connectivity index (χ1v) is 7.01. The fraction of sp³-hybridized carbons (Fsp3) is 1.00. The van der Waals surface area contributed by atoms with E-state index in [1.807, 2.05) is 0 Å². The van der Waals surface area contributed by atoms with Gasteiger partial charge in [-0.3, -0.25) is 9.80 Å². The highest BCUT2D eigenvalue weighted by atomic mass is 16.5. The molecule has 5 nitrogen and oxygen atoms in total. The summed E-state index contributed by atoms with van der Waals surface area (Å²) in [7, 11) is 0. The van der Waals surface area contributed by atoms with Gasteiger partial charge in [-0.05, 0) is 13.8 Å². The molecule has 2 aliphatic rings. The fourth-order valence-corrected chi connectivity index (χ4v) is 2.69. The highest BCUT2D eigenvalue weighted by Gasteiger charge is 2.33. The van der Waals surface area contributed by atoms with Crippen LogP contribution in [0.1, 0.15) is 13.8 Å². The Labute approximate surface area is 110 Å². The average molecular weight is 257 g/mol. The summed E-state index contributed by atoms with van der Waals surface area (Å²) >= 11 is 0. The number of nitrogens with one attached hydrogen (secondary N) is 1. The number of hydrogen-bond acceptors (Lipinski definition) is 5. The number of ether oxygens (including phenoxy) is 1. The van der Waals surface area contributed by atoms with Crippen molar-refractivity contribution in [1.82, 2.24) is 15.1 Å². The van der Waals surface area contributed by atoms with Crippen LogP contribution < -0.4 is 5.32 Å². The summed E-state index contributed by atoms with van der Waals surface area (Å²) in [6, 6.07) is 0.225. The van der Waals surface area contributed by atoms with Crippen molar-refractivity contribution in [3.8, 4) is 0 Å². The molecule has 2 aliphatic heterocycles. The molecule has 0 bridgehead atoms. The van der Waals surface area contributed by atoms with Crippen LogP contribution in [-0.2, 0) is 4.74 Å². The third-order valence-corrected chi connectivity index (χ3v) is 4.13. The Morgan fingerprint density at radius 3 is 2.67 bits per heavy atom. The first kappa shape index (κ1) is 14.2. The van der Waals surface area contributed by atoms with Crippen molar-refractivity contribution in [2.24, 2.45) is 0 Å². The third-order valence-electron chi connectivity index (χ3n) is 4.13. The van der Waals surface area contributed by atoms with Gasteiger partial charge < -0.3 is 15.2 Å². The molecule has 2 saturated heterocycles. The van der Waals surface area contributed by atoms with Crippen molar-refractivity contribution in [2.45, 2.75) is 25.4 Å². The van der Waals surface area contributed by atoms with Gasteiger partial charge >= 0.3 is 0 Å². The number of nitrogens with zero attached hydrogens (tertiary/aromatic N) is 2. The number of hydrogen-bond donors (Lipinski definition) is 2. The Bertz CT molecular complexity index is 255. The lowest BCUT2D eigenvalue weighted by atomic mass is 9.97. The Morgan fingerprint density at radius 2 is 2.00 bits per heavy atom. The predicted molar refractivity (Wildman–Crippen MR) is 71.8 cm³/mol. The molecule has 1 unspecified atom stereocenters. The van der Waals surface area contributed by atoms with Gasteiger partial charge in [0.25, 0.3) is 0 Å². The van der Waals surface area contributed by atoms with E-state index in [1.165, 1.54) is 0 Å². The van der Waals surface area contributed by atoms with Gasteiger partial charge in [0, 0.05) is 50.8 Å². The Kier molecular flexibility index (Phi) is 4.98. The molecule has 0 spiro atoms. The minimum Gasteiger partial charge on any atom is -0.395 e. The van der Waals surface area contributed by atoms with Gasteiger partial charge in [-0.25, -0.2) is 0 Å². The van der Waals surface area contributed by atoms with E-state index >= 15 is 0 Å². The molecule has 2 rings (SSSR count). The number of rotatable bonds is 4. The number of aliphatic hydroxyl groups is 1. The van der Waals surface area contributed by atoms with Crippen LogP contribution in [0.2, 0.25) is 0 Å². The van der Waals surface area contributed by atoms with E-state index in [2.05, 4.69) is 29.0 Å². The van der Waals surface area contributed by atoms with Gasteiger partial charge in [-0.15, -0.1) is 0 Å². The first-order chi connectivity index (χ1) is 8.62. The third kappa shape index (κ3) is 3.65. The summed E-state index contributed by atoms with van der Waals surface area (Å²) in [5, 5.41) is 12.7. The van der Waals surface area contributed by atoms with E-state index in [9.17, 15) is 5.11 Å². The lowest BCUT2D eigenvalue weighted by Crippen LogP contribution is -2.63. The largest absolute Gasteiger partial charge is 0.395 e. The molecule has 106 valence electrons. The minimum absolute atomic E-state index is 0.179. The maximum atomic E-state index is 9.28. The van der Waals surface area contributed by atoms with Crippen molar-refractivity contribution in [3.05, 3.63) is 0 Å². The fourth-order valence-electron chi connectivity index (χ4n) is 2.69. The molecule has 0 aromatic carbocycles. The lowest BCUT2D eigenvalue weighted by molar-refractivity contribution is 0.0114. The highest BCUT2D eigenvalue weighted by Crippen LogP contribution is 2.18. The van der Waals surface area contributed by atoms with Crippen LogP contribution in [0, 0.1) is 0 Å². The minimum atomic E-state index is 0.179. The maximum absolute atomic E-state index is 9.28. The number of piperazine rings is 1. The lowest BCUT2D eigenvalue weighted by Gasteiger charge is -2.46. The van der Waals surface area contributed by atoms with Crippen molar-refractivity contribution in [2.75, 3.05) is 59.1 Å². The van der Waals surface area contributed by atoms with Crippen LogP contribution in [0.3, 0.4) is 0 Å². The van der Waals surface area contributed by atoms with E-state index in [0.717, 1.165) is 52.5 Å². The summed E-state index contributed by atoms with van der Waals surface area (Å²) in [6.07, 6.45) is 0. The number of aliphatic hydroxyl groups excluding tert-OH is 1. The standard InChI is InChI=1S/C13H27N3O2/c1-13(2)11-14-12(10-17)9-16(13)4-3-15-5-7-18-8-6-15/h12,14,17H,3-11H2,1-2H3. The van der Waals surface area contributed by atoms with Gasteiger partial charge in [-0.2, -0.15) is 0 Å². The molecule has 5 heteroatoms. The smallest absolute Gasteiger partial charge is 0.0597 e. The maximum Gasteiger partial charge on any atom is 0.0597 e. The van der Waals surface area contributed by atoms with Gasteiger partial charge in [0.15, 0.2) is 0 Å². The van der Waals surface area contributed by atoms with E-state index < -0.39 is 0 Å². The first-order valence-electron chi connectivity index (χ1n) is 7.01. The second-order valence-corrected chi connectivity index (χ2v) is 5.97. The molecule has 0 radical (unpaired) electrons. The molecule has 2 heterocycles. The van der Waals surface area contributed by atoms with E-state index in [4.69, 9.17) is 4.74 Å². The second kappa shape index (κ2) is 6.30. The summed E-state index contributed by atoms with van der Waals surface area (Å²) in [5.74, 6) is 0. The van der Waals surface area contributed by atoms with Crippen LogP contribution in [0.5, 0.6) is 0 Å². The predicted octanol–water partition coefficient (Wildman–Crippen LogP) is -0.637. The molecule has 2 N–H and O–H groups in total. The number of morpholine rings is 1. The molecule has 0 aromatic rings. The normalized spacial score (nSPS) is 30.5. The summed E-state index contributed by atoms with van der Waals surface area (Å²) in [5.41, 5.74) is 0.179. The van der Waals surface area contributed by atoms with Gasteiger partial charge in [0.2, 0.25) is 0 Å². The van der Waals surface area contributed by atoms with Crippen molar-refractivity contribution >= 4 is 0 Å². The highest BCUT2D eigenvalue weighted by molar-refractivity contribution is 4.92. The van der Waals surface area contributed by atoms with Gasteiger partial charge in [0.05, 0.1) is 19.8 Å². The molecule has 2 fully saturated rings. The molecule has 1 atom stereocenters. The van der Waals surface area contributed by atoms with Gasteiger partial charge in [0.1, 0.15) is 0 Å². The molecular formula is C13H27N3O2. The Balaban J connectivity index is 1.81. The monoisotopic (exact) mass is 257 g/mol. The zero-order valence-corrected chi connectivity index (χ0v) is 11.7. The quantitative estimate of drug-likeness (QED) is 0.702. The van der Waals surface area contributed by atoms with E-state index in [1.54, 1.807) is 0 Å². The van der Waals surface area contributed by atoms with Crippen LogP contribution in [0.4, 0.5) is 0 Å². The zero-order valence-electron chi connectivity index (χ0n) is 11.7. The summed E-state index contributed by atoms with van der Waals surface area (Å²) in [4.78, 5) is 4.97.